The van der Waals surface area contributed by atoms with E-state index in [0.29, 0.717) is 0 Å². The number of aromatic nitrogens is 1. The van der Waals surface area contributed by atoms with Crippen LogP contribution in [0.1, 0.15) is 23.6 Å². The fourth-order valence-electron chi connectivity index (χ4n) is 2.33. The Kier molecular flexibility index (Phi) is 5.07. The van der Waals surface area contributed by atoms with Crippen molar-refractivity contribution in [2.75, 3.05) is 13.7 Å². The van der Waals surface area contributed by atoms with Gasteiger partial charge in [-0.3, -0.25) is 9.88 Å². The molecular formula is C16H20N2O. The van der Waals surface area contributed by atoms with Crippen LogP contribution >= 0.6 is 0 Å². The van der Waals surface area contributed by atoms with Crippen molar-refractivity contribution < 1.29 is 5.11 Å². The molecule has 19 heavy (non-hydrogen) atoms. The molecule has 1 unspecified atom stereocenters. The Morgan fingerprint density at radius 1 is 1.16 bits per heavy atom. The largest absolute Gasteiger partial charge is 0.396 e. The highest BCUT2D eigenvalue weighted by Crippen LogP contribution is 2.24. The lowest BCUT2D eigenvalue weighted by atomic mass is 10.0. The average molecular weight is 256 g/mol. The monoisotopic (exact) mass is 256 g/mol. The summed E-state index contributed by atoms with van der Waals surface area (Å²) in [7, 11) is 2.08. The zero-order valence-electron chi connectivity index (χ0n) is 11.2. The smallest absolute Gasteiger partial charge is 0.0449 e. The summed E-state index contributed by atoms with van der Waals surface area (Å²) in [6, 6.07) is 14.6. The molecule has 3 nitrogen and oxygen atoms in total. The van der Waals surface area contributed by atoms with Crippen molar-refractivity contribution in [1.29, 1.82) is 0 Å². The van der Waals surface area contributed by atoms with Gasteiger partial charge in [-0.1, -0.05) is 36.4 Å². The summed E-state index contributed by atoms with van der Waals surface area (Å²) in [6.07, 6.45) is 4.41. The molecular weight excluding hydrogens is 236 g/mol. The van der Waals surface area contributed by atoms with Crippen molar-refractivity contribution in [3.05, 3.63) is 66.0 Å². The second kappa shape index (κ2) is 7.02. The Labute approximate surface area is 114 Å². The Hall–Kier alpha value is -1.71. The third-order valence-corrected chi connectivity index (χ3v) is 3.27. The van der Waals surface area contributed by atoms with E-state index < -0.39 is 0 Å². The topological polar surface area (TPSA) is 36.4 Å². The van der Waals surface area contributed by atoms with Crippen LogP contribution < -0.4 is 0 Å². The van der Waals surface area contributed by atoms with Crippen LogP contribution in [-0.2, 0) is 6.54 Å². The van der Waals surface area contributed by atoms with E-state index in [9.17, 15) is 5.11 Å². The standard InChI is InChI=1S/C16H20N2O/c1-18(13-14-6-5-10-17-12-14)16(9-11-19)15-7-3-2-4-8-15/h2-8,10,12,16,19H,9,11,13H2,1H3. The minimum atomic E-state index is 0.191. The minimum absolute atomic E-state index is 0.191. The highest BCUT2D eigenvalue weighted by atomic mass is 16.3. The Morgan fingerprint density at radius 2 is 1.95 bits per heavy atom. The van der Waals surface area contributed by atoms with E-state index >= 15 is 0 Å². The lowest BCUT2D eigenvalue weighted by Crippen LogP contribution is -2.25. The molecule has 2 rings (SSSR count). The second-order valence-corrected chi connectivity index (χ2v) is 4.72. The van der Waals surface area contributed by atoms with Crippen LogP contribution in [0.5, 0.6) is 0 Å². The first-order valence-electron chi connectivity index (χ1n) is 6.56. The number of benzene rings is 1. The maximum Gasteiger partial charge on any atom is 0.0449 e. The van der Waals surface area contributed by atoms with Crippen molar-refractivity contribution in [1.82, 2.24) is 9.88 Å². The normalized spacial score (nSPS) is 12.6. The molecule has 0 spiro atoms. The number of nitrogens with zero attached hydrogens (tertiary/aromatic N) is 2. The maximum absolute atomic E-state index is 9.27. The Bertz CT molecular complexity index is 473. The molecule has 1 N–H and O–H groups in total. The fourth-order valence-corrected chi connectivity index (χ4v) is 2.33. The summed E-state index contributed by atoms with van der Waals surface area (Å²) in [5, 5.41) is 9.27. The van der Waals surface area contributed by atoms with E-state index in [2.05, 4.69) is 35.1 Å². The van der Waals surface area contributed by atoms with Crippen molar-refractivity contribution in [3.8, 4) is 0 Å². The van der Waals surface area contributed by atoms with Crippen LogP contribution in [0.3, 0.4) is 0 Å². The zero-order valence-corrected chi connectivity index (χ0v) is 11.2. The van der Waals surface area contributed by atoms with Crippen molar-refractivity contribution in [3.63, 3.8) is 0 Å². The molecule has 0 aliphatic rings. The average Bonchev–Trinajstić information content (AvgIpc) is 2.46. The lowest BCUT2D eigenvalue weighted by molar-refractivity contribution is 0.180. The van der Waals surface area contributed by atoms with Gasteiger partial charge in [-0.15, -0.1) is 0 Å². The maximum atomic E-state index is 9.27. The number of aliphatic hydroxyl groups is 1. The van der Waals surface area contributed by atoms with Crippen LogP contribution in [0.25, 0.3) is 0 Å². The van der Waals surface area contributed by atoms with Crippen LogP contribution in [0.15, 0.2) is 54.9 Å². The van der Waals surface area contributed by atoms with Gasteiger partial charge >= 0.3 is 0 Å². The third-order valence-electron chi connectivity index (χ3n) is 3.27. The molecule has 3 heteroatoms. The van der Waals surface area contributed by atoms with Gasteiger partial charge < -0.3 is 5.11 Å². The van der Waals surface area contributed by atoms with Crippen LogP contribution in [0, 0.1) is 0 Å². The molecule has 1 atom stereocenters. The molecule has 0 saturated heterocycles. The molecule has 0 aliphatic heterocycles. The van der Waals surface area contributed by atoms with Gasteiger partial charge in [0.05, 0.1) is 0 Å². The molecule has 100 valence electrons. The van der Waals surface area contributed by atoms with E-state index in [1.165, 1.54) is 11.1 Å². The number of hydrogen-bond donors (Lipinski definition) is 1. The molecule has 1 aromatic heterocycles. The molecule has 0 bridgehead atoms. The third kappa shape index (κ3) is 3.88. The molecule has 1 aromatic carbocycles. The van der Waals surface area contributed by atoms with E-state index in [1.54, 1.807) is 6.20 Å². The summed E-state index contributed by atoms with van der Waals surface area (Å²) in [6.45, 7) is 1.02. The summed E-state index contributed by atoms with van der Waals surface area (Å²) in [4.78, 5) is 6.39. The van der Waals surface area contributed by atoms with Crippen molar-refractivity contribution in [2.45, 2.75) is 19.0 Å². The van der Waals surface area contributed by atoms with Gasteiger partial charge in [-0.05, 0) is 30.7 Å². The van der Waals surface area contributed by atoms with E-state index in [1.807, 2.05) is 30.5 Å². The van der Waals surface area contributed by atoms with Gasteiger partial charge in [0.2, 0.25) is 0 Å². The Balaban J connectivity index is 2.11. The number of pyridine rings is 1. The molecule has 0 fully saturated rings. The van der Waals surface area contributed by atoms with E-state index in [0.717, 1.165) is 13.0 Å². The molecule has 0 radical (unpaired) electrons. The number of rotatable bonds is 6. The number of aliphatic hydroxyl groups excluding tert-OH is 1. The van der Waals surface area contributed by atoms with Gasteiger partial charge in [0, 0.05) is 31.6 Å². The first-order valence-corrected chi connectivity index (χ1v) is 6.56. The molecule has 1 heterocycles. The molecule has 2 aromatic rings. The van der Waals surface area contributed by atoms with Crippen molar-refractivity contribution >= 4 is 0 Å². The summed E-state index contributed by atoms with van der Waals surface area (Å²) < 4.78 is 0. The first kappa shape index (κ1) is 13.7. The van der Waals surface area contributed by atoms with Crippen LogP contribution in [0.2, 0.25) is 0 Å². The molecule has 0 saturated carbocycles. The lowest BCUT2D eigenvalue weighted by Gasteiger charge is -2.28. The summed E-state index contributed by atoms with van der Waals surface area (Å²) in [5.41, 5.74) is 2.42. The van der Waals surface area contributed by atoms with Gasteiger partial charge in [-0.2, -0.15) is 0 Å². The van der Waals surface area contributed by atoms with E-state index in [-0.39, 0.29) is 12.6 Å². The van der Waals surface area contributed by atoms with Crippen LogP contribution in [0.4, 0.5) is 0 Å². The van der Waals surface area contributed by atoms with E-state index in [4.69, 9.17) is 0 Å². The van der Waals surface area contributed by atoms with Gasteiger partial charge in [0.25, 0.3) is 0 Å². The SMILES string of the molecule is CN(Cc1cccnc1)C(CCO)c1ccccc1. The van der Waals surface area contributed by atoms with Gasteiger partial charge in [0.15, 0.2) is 0 Å². The molecule has 0 aliphatic carbocycles. The second-order valence-electron chi connectivity index (χ2n) is 4.72. The highest BCUT2D eigenvalue weighted by molar-refractivity contribution is 5.19. The minimum Gasteiger partial charge on any atom is -0.396 e. The fraction of sp³-hybridized carbons (Fsp3) is 0.312. The predicted molar refractivity (Wildman–Crippen MR) is 76.6 cm³/mol. The van der Waals surface area contributed by atoms with Gasteiger partial charge in [0.1, 0.15) is 0 Å². The molecule has 0 amide bonds. The Morgan fingerprint density at radius 3 is 2.58 bits per heavy atom. The van der Waals surface area contributed by atoms with Gasteiger partial charge in [-0.25, -0.2) is 0 Å². The van der Waals surface area contributed by atoms with Crippen molar-refractivity contribution in [2.24, 2.45) is 0 Å². The first-order chi connectivity index (χ1) is 9.31. The zero-order chi connectivity index (χ0) is 13.5. The highest BCUT2D eigenvalue weighted by Gasteiger charge is 2.16. The van der Waals surface area contributed by atoms with Crippen LogP contribution in [-0.4, -0.2) is 28.6 Å². The number of hydrogen-bond acceptors (Lipinski definition) is 3. The predicted octanol–water partition coefficient (Wildman–Crippen LogP) is 2.64. The quantitative estimate of drug-likeness (QED) is 0.863. The summed E-state index contributed by atoms with van der Waals surface area (Å²) in [5.74, 6) is 0. The summed E-state index contributed by atoms with van der Waals surface area (Å²) >= 11 is 0.